The lowest BCUT2D eigenvalue weighted by molar-refractivity contribution is 0.304. The van der Waals surface area contributed by atoms with Crippen molar-refractivity contribution in [3.8, 4) is 0 Å². The van der Waals surface area contributed by atoms with Gasteiger partial charge in [-0.15, -0.1) is 0 Å². The van der Waals surface area contributed by atoms with Gasteiger partial charge < -0.3 is 5.32 Å². The Kier molecular flexibility index (Phi) is 4.41. The molecule has 0 aromatic carbocycles. The number of nitrogens with one attached hydrogen (secondary N) is 1. The highest BCUT2D eigenvalue weighted by atomic mass is 32.2. The molecule has 2 aliphatic rings. The van der Waals surface area contributed by atoms with Gasteiger partial charge in [-0.3, -0.25) is 0 Å². The number of nitrogens with zero attached hydrogens (tertiary/aromatic N) is 2. The maximum absolute atomic E-state index is 12.5. The van der Waals surface area contributed by atoms with E-state index in [1.807, 2.05) is 6.92 Å². The van der Waals surface area contributed by atoms with E-state index in [2.05, 4.69) is 5.32 Å². The Balaban J connectivity index is 2.12. The highest BCUT2D eigenvalue weighted by Crippen LogP contribution is 2.21. The van der Waals surface area contributed by atoms with Crippen molar-refractivity contribution in [3.63, 3.8) is 0 Å². The van der Waals surface area contributed by atoms with Gasteiger partial charge in [0.1, 0.15) is 0 Å². The molecule has 0 radical (unpaired) electrons. The highest BCUT2D eigenvalue weighted by Gasteiger charge is 2.36. The second kappa shape index (κ2) is 5.65. The van der Waals surface area contributed by atoms with Crippen LogP contribution in [0.1, 0.15) is 32.6 Å². The van der Waals surface area contributed by atoms with Gasteiger partial charge in [-0.1, -0.05) is 6.92 Å². The van der Waals surface area contributed by atoms with Crippen molar-refractivity contribution in [1.82, 2.24) is 13.9 Å². The van der Waals surface area contributed by atoms with E-state index in [4.69, 9.17) is 0 Å². The van der Waals surface area contributed by atoms with E-state index in [9.17, 15) is 8.42 Å². The lowest BCUT2D eigenvalue weighted by Gasteiger charge is -2.31. The van der Waals surface area contributed by atoms with Crippen molar-refractivity contribution in [1.29, 1.82) is 0 Å². The molecule has 0 saturated carbocycles. The Hall–Kier alpha value is -0.170. The van der Waals surface area contributed by atoms with E-state index in [0.29, 0.717) is 19.6 Å². The topological polar surface area (TPSA) is 52.7 Å². The summed E-state index contributed by atoms with van der Waals surface area (Å²) in [4.78, 5) is 0. The van der Waals surface area contributed by atoms with Crippen LogP contribution in [0.5, 0.6) is 0 Å². The molecule has 1 atom stereocenters. The fourth-order valence-electron chi connectivity index (χ4n) is 2.66. The van der Waals surface area contributed by atoms with Crippen LogP contribution in [0, 0.1) is 0 Å². The number of rotatable bonds is 5. The third-order valence-corrected chi connectivity index (χ3v) is 5.66. The first kappa shape index (κ1) is 13.3. The molecule has 6 heteroatoms. The van der Waals surface area contributed by atoms with Crippen LogP contribution in [-0.4, -0.2) is 55.8 Å². The van der Waals surface area contributed by atoms with Crippen LogP contribution in [0.2, 0.25) is 0 Å². The zero-order chi connectivity index (χ0) is 12.3. The molecule has 2 saturated heterocycles. The summed E-state index contributed by atoms with van der Waals surface area (Å²) in [5, 5.41) is 3.25. The minimum Gasteiger partial charge on any atom is -0.315 e. The van der Waals surface area contributed by atoms with E-state index in [1.54, 1.807) is 8.61 Å². The molecule has 2 fully saturated rings. The Morgan fingerprint density at radius 1 is 1.35 bits per heavy atom. The molecule has 0 bridgehead atoms. The summed E-state index contributed by atoms with van der Waals surface area (Å²) >= 11 is 0. The quantitative estimate of drug-likeness (QED) is 0.779. The predicted octanol–water partition coefficient (Wildman–Crippen LogP) is 0.401. The first-order valence-corrected chi connectivity index (χ1v) is 8.03. The third kappa shape index (κ3) is 2.81. The maximum atomic E-state index is 12.5. The standard InChI is InChI=1S/C11H23N3O2S/c1-2-7-14(11-5-6-12-10-11)17(15,16)13-8-3-4-9-13/h11-12H,2-10H2,1H3. The average molecular weight is 261 g/mol. The second-order valence-electron chi connectivity index (χ2n) is 4.87. The summed E-state index contributed by atoms with van der Waals surface area (Å²) in [7, 11) is -3.22. The molecule has 1 unspecified atom stereocenters. The van der Waals surface area contributed by atoms with Gasteiger partial charge in [0.2, 0.25) is 0 Å². The van der Waals surface area contributed by atoms with Crippen molar-refractivity contribution in [2.24, 2.45) is 0 Å². The summed E-state index contributed by atoms with van der Waals surface area (Å²) in [5.74, 6) is 0. The van der Waals surface area contributed by atoms with Crippen molar-refractivity contribution in [2.45, 2.75) is 38.6 Å². The second-order valence-corrected chi connectivity index (χ2v) is 6.75. The first-order chi connectivity index (χ1) is 8.16. The van der Waals surface area contributed by atoms with Crippen LogP contribution in [0.15, 0.2) is 0 Å². The highest BCUT2D eigenvalue weighted by molar-refractivity contribution is 7.86. The minimum atomic E-state index is -3.22. The van der Waals surface area contributed by atoms with Gasteiger partial charge in [0.05, 0.1) is 0 Å². The van der Waals surface area contributed by atoms with Crippen molar-refractivity contribution in [3.05, 3.63) is 0 Å². The monoisotopic (exact) mass is 261 g/mol. The zero-order valence-electron chi connectivity index (χ0n) is 10.6. The lowest BCUT2D eigenvalue weighted by Crippen LogP contribution is -2.48. The van der Waals surface area contributed by atoms with E-state index < -0.39 is 10.2 Å². The van der Waals surface area contributed by atoms with Gasteiger partial charge >= 0.3 is 0 Å². The molecule has 0 aliphatic carbocycles. The van der Waals surface area contributed by atoms with Gasteiger partial charge in [0.25, 0.3) is 10.2 Å². The van der Waals surface area contributed by atoms with E-state index in [-0.39, 0.29) is 6.04 Å². The van der Waals surface area contributed by atoms with Crippen LogP contribution < -0.4 is 5.32 Å². The molecule has 2 aliphatic heterocycles. The number of hydrogen-bond donors (Lipinski definition) is 1. The Morgan fingerprint density at radius 3 is 2.59 bits per heavy atom. The Labute approximate surface area is 104 Å². The molecule has 2 rings (SSSR count). The van der Waals surface area contributed by atoms with E-state index in [0.717, 1.165) is 38.8 Å². The average Bonchev–Trinajstić information content (AvgIpc) is 2.97. The van der Waals surface area contributed by atoms with Crippen LogP contribution >= 0.6 is 0 Å². The molecular weight excluding hydrogens is 238 g/mol. The fraction of sp³-hybridized carbons (Fsp3) is 1.00. The normalized spacial score (nSPS) is 27.1. The van der Waals surface area contributed by atoms with Crippen molar-refractivity contribution >= 4 is 10.2 Å². The van der Waals surface area contributed by atoms with E-state index >= 15 is 0 Å². The molecule has 17 heavy (non-hydrogen) atoms. The fourth-order valence-corrected chi connectivity index (χ4v) is 4.65. The van der Waals surface area contributed by atoms with Gasteiger partial charge in [-0.05, 0) is 32.2 Å². The Bertz CT molecular complexity index is 333. The molecule has 100 valence electrons. The lowest BCUT2D eigenvalue weighted by atomic mass is 10.2. The van der Waals surface area contributed by atoms with Gasteiger partial charge in [-0.2, -0.15) is 17.0 Å². The summed E-state index contributed by atoms with van der Waals surface area (Å²) in [5.41, 5.74) is 0. The summed E-state index contributed by atoms with van der Waals surface area (Å²) in [6, 6.07) is 0.153. The van der Waals surface area contributed by atoms with Gasteiger partial charge in [0, 0.05) is 32.2 Å². The van der Waals surface area contributed by atoms with Crippen LogP contribution in [0.4, 0.5) is 0 Å². The summed E-state index contributed by atoms with van der Waals surface area (Å²) < 4.78 is 28.4. The van der Waals surface area contributed by atoms with E-state index in [1.165, 1.54) is 0 Å². The summed E-state index contributed by atoms with van der Waals surface area (Å²) in [6.07, 6.45) is 3.82. The predicted molar refractivity (Wildman–Crippen MR) is 68.0 cm³/mol. The van der Waals surface area contributed by atoms with Crippen molar-refractivity contribution in [2.75, 3.05) is 32.7 Å². The first-order valence-electron chi connectivity index (χ1n) is 6.64. The van der Waals surface area contributed by atoms with Gasteiger partial charge in [0.15, 0.2) is 0 Å². The molecular formula is C11H23N3O2S. The molecule has 0 spiro atoms. The van der Waals surface area contributed by atoms with Crippen LogP contribution in [0.3, 0.4) is 0 Å². The number of hydrogen-bond acceptors (Lipinski definition) is 3. The third-order valence-electron chi connectivity index (χ3n) is 3.57. The summed E-state index contributed by atoms with van der Waals surface area (Å²) in [6.45, 7) is 5.80. The molecule has 1 N–H and O–H groups in total. The molecule has 0 amide bonds. The smallest absolute Gasteiger partial charge is 0.282 e. The minimum absolute atomic E-state index is 0.153. The van der Waals surface area contributed by atoms with Gasteiger partial charge in [-0.25, -0.2) is 0 Å². The van der Waals surface area contributed by atoms with Crippen LogP contribution in [-0.2, 0) is 10.2 Å². The molecule has 0 aromatic rings. The molecule has 2 heterocycles. The van der Waals surface area contributed by atoms with Crippen molar-refractivity contribution < 1.29 is 8.42 Å². The largest absolute Gasteiger partial charge is 0.315 e. The Morgan fingerprint density at radius 2 is 2.06 bits per heavy atom. The molecule has 5 nitrogen and oxygen atoms in total. The SMILES string of the molecule is CCCN(C1CCNC1)S(=O)(=O)N1CCCC1. The van der Waals surface area contributed by atoms with Crippen LogP contribution in [0.25, 0.3) is 0 Å². The maximum Gasteiger partial charge on any atom is 0.282 e. The zero-order valence-corrected chi connectivity index (χ0v) is 11.4. The molecule has 0 aromatic heterocycles.